The normalized spacial score (nSPS) is 29.0. The minimum absolute atomic E-state index is 0.0925. The number of carbonyl (C=O) groups excluding carboxylic acids is 1. The number of benzene rings is 1. The predicted octanol–water partition coefficient (Wildman–Crippen LogP) is 1.05. The van der Waals surface area contributed by atoms with E-state index in [9.17, 15) is 9.59 Å². The number of amides is 1. The highest BCUT2D eigenvalue weighted by molar-refractivity contribution is 5.80. The molecule has 2 saturated carbocycles. The third kappa shape index (κ3) is 2.46. The van der Waals surface area contributed by atoms with Crippen LogP contribution in [-0.4, -0.2) is 38.0 Å². The van der Waals surface area contributed by atoms with Crippen molar-refractivity contribution in [1.82, 2.24) is 20.3 Å². The zero-order valence-corrected chi connectivity index (χ0v) is 12.6. The molecule has 4 atom stereocenters. The van der Waals surface area contributed by atoms with Crippen LogP contribution in [0, 0.1) is 17.8 Å². The first-order valence-corrected chi connectivity index (χ1v) is 7.92. The number of carboxylic acid groups (broad SMARTS) is 1. The molecule has 1 heterocycles. The molecule has 0 unspecified atom stereocenters. The third-order valence-corrected chi connectivity index (χ3v) is 5.23. The van der Waals surface area contributed by atoms with Crippen molar-refractivity contribution < 1.29 is 14.7 Å². The number of carbonyl (C=O) groups is 2. The van der Waals surface area contributed by atoms with E-state index < -0.39 is 5.97 Å². The fraction of sp³-hybridized carbons (Fsp3) is 0.500. The van der Waals surface area contributed by atoms with Crippen LogP contribution in [0.15, 0.2) is 24.3 Å². The second-order valence-electron chi connectivity index (χ2n) is 6.58. The molecule has 0 saturated heterocycles. The molecule has 23 heavy (non-hydrogen) atoms. The van der Waals surface area contributed by atoms with E-state index in [2.05, 4.69) is 15.6 Å². The fourth-order valence-corrected chi connectivity index (χ4v) is 4.18. The zero-order valence-electron chi connectivity index (χ0n) is 12.6. The van der Waals surface area contributed by atoms with Gasteiger partial charge >= 0.3 is 5.97 Å². The molecular weight excluding hydrogens is 296 g/mol. The van der Waals surface area contributed by atoms with Gasteiger partial charge in [-0.25, -0.2) is 4.68 Å². The molecule has 1 aromatic carbocycles. The Labute approximate surface area is 132 Å². The molecule has 2 fully saturated rings. The van der Waals surface area contributed by atoms with Crippen molar-refractivity contribution in [2.24, 2.45) is 17.8 Å². The number of nitrogens with zero attached hydrogens (tertiary/aromatic N) is 3. The number of para-hydroxylation sites is 1. The molecule has 0 radical (unpaired) electrons. The Morgan fingerprint density at radius 3 is 2.78 bits per heavy atom. The smallest absolute Gasteiger partial charge is 0.306 e. The number of fused-ring (bicyclic) bond motifs is 3. The van der Waals surface area contributed by atoms with Crippen LogP contribution >= 0.6 is 0 Å². The molecule has 1 amide bonds. The Balaban J connectivity index is 1.39. The van der Waals surface area contributed by atoms with Crippen LogP contribution in [-0.2, 0) is 16.1 Å². The van der Waals surface area contributed by atoms with Gasteiger partial charge in [0.25, 0.3) is 0 Å². The fourth-order valence-electron chi connectivity index (χ4n) is 4.18. The first-order valence-electron chi connectivity index (χ1n) is 7.92. The maximum atomic E-state index is 12.3. The van der Waals surface area contributed by atoms with E-state index in [-0.39, 0.29) is 36.2 Å². The molecule has 0 aliphatic heterocycles. The second-order valence-corrected chi connectivity index (χ2v) is 6.58. The lowest BCUT2D eigenvalue weighted by Gasteiger charge is -2.26. The number of aliphatic carboxylic acids is 1. The maximum absolute atomic E-state index is 12.3. The van der Waals surface area contributed by atoms with E-state index in [0.717, 1.165) is 23.9 Å². The molecular formula is C16H18N4O3. The molecule has 4 rings (SSSR count). The van der Waals surface area contributed by atoms with Crippen molar-refractivity contribution in [3.05, 3.63) is 24.3 Å². The van der Waals surface area contributed by atoms with Crippen molar-refractivity contribution >= 4 is 22.9 Å². The minimum Gasteiger partial charge on any atom is -0.481 e. The number of aromatic nitrogens is 3. The Morgan fingerprint density at radius 2 is 2.04 bits per heavy atom. The average molecular weight is 314 g/mol. The standard InChI is InChI=1S/C16H18N4O3/c21-15(8-20-14-4-2-1-3-12(14)18-19-20)17-13-7-9-5-10(13)6-11(9)16(22)23/h1-4,9-11,13H,5-8H2,(H,17,21)(H,22,23)/t9-,10-,11-,13-/m1/s1. The summed E-state index contributed by atoms with van der Waals surface area (Å²) < 4.78 is 1.60. The molecule has 7 heteroatoms. The Hall–Kier alpha value is -2.44. The van der Waals surface area contributed by atoms with Gasteiger partial charge in [-0.2, -0.15) is 0 Å². The van der Waals surface area contributed by atoms with Crippen LogP contribution < -0.4 is 5.32 Å². The Bertz CT molecular complexity index is 772. The van der Waals surface area contributed by atoms with Gasteiger partial charge in [0.15, 0.2) is 0 Å². The SMILES string of the molecule is O=C(Cn1nnc2ccccc21)N[C@@H]1C[C@H]2C[C@@H]1C[C@H]2C(=O)O. The second kappa shape index (κ2) is 5.33. The summed E-state index contributed by atoms with van der Waals surface area (Å²) in [4.78, 5) is 23.4. The van der Waals surface area contributed by atoms with E-state index in [1.807, 2.05) is 24.3 Å². The van der Waals surface area contributed by atoms with Gasteiger partial charge in [0, 0.05) is 6.04 Å². The largest absolute Gasteiger partial charge is 0.481 e. The van der Waals surface area contributed by atoms with Crippen molar-refractivity contribution in [2.45, 2.75) is 31.8 Å². The number of nitrogens with one attached hydrogen (secondary N) is 1. The number of hydrogen-bond acceptors (Lipinski definition) is 4. The summed E-state index contributed by atoms with van der Waals surface area (Å²) in [7, 11) is 0. The maximum Gasteiger partial charge on any atom is 0.306 e. The van der Waals surface area contributed by atoms with Crippen LogP contribution in [0.1, 0.15) is 19.3 Å². The first-order chi connectivity index (χ1) is 11.1. The van der Waals surface area contributed by atoms with Gasteiger partial charge in [-0.15, -0.1) is 5.10 Å². The van der Waals surface area contributed by atoms with Crippen molar-refractivity contribution in [3.8, 4) is 0 Å². The molecule has 2 aliphatic rings. The lowest BCUT2D eigenvalue weighted by Crippen LogP contribution is -2.42. The monoisotopic (exact) mass is 314 g/mol. The van der Waals surface area contributed by atoms with Gasteiger partial charge in [-0.05, 0) is 43.2 Å². The molecule has 1 aromatic heterocycles. The van der Waals surface area contributed by atoms with Gasteiger partial charge in [0.05, 0.1) is 11.4 Å². The summed E-state index contributed by atoms with van der Waals surface area (Å²) in [6.45, 7) is 0.136. The minimum atomic E-state index is -0.698. The highest BCUT2D eigenvalue weighted by atomic mass is 16.4. The van der Waals surface area contributed by atoms with Crippen LogP contribution in [0.5, 0.6) is 0 Å². The van der Waals surface area contributed by atoms with Crippen molar-refractivity contribution in [3.63, 3.8) is 0 Å². The van der Waals surface area contributed by atoms with Crippen molar-refractivity contribution in [2.75, 3.05) is 0 Å². The molecule has 2 bridgehead atoms. The van der Waals surface area contributed by atoms with Gasteiger partial charge < -0.3 is 10.4 Å². The summed E-state index contributed by atoms with van der Waals surface area (Å²) in [6, 6.07) is 7.62. The van der Waals surface area contributed by atoms with Crippen LogP contribution in [0.2, 0.25) is 0 Å². The highest BCUT2D eigenvalue weighted by Crippen LogP contribution is 2.48. The van der Waals surface area contributed by atoms with E-state index in [1.165, 1.54) is 0 Å². The van der Waals surface area contributed by atoms with E-state index in [0.29, 0.717) is 6.42 Å². The van der Waals surface area contributed by atoms with E-state index >= 15 is 0 Å². The predicted molar refractivity (Wildman–Crippen MR) is 81.4 cm³/mol. The average Bonchev–Trinajstić information content (AvgIpc) is 3.21. The molecule has 120 valence electrons. The Kier molecular flexibility index (Phi) is 3.28. The first kappa shape index (κ1) is 14.2. The van der Waals surface area contributed by atoms with Crippen molar-refractivity contribution in [1.29, 1.82) is 0 Å². The Morgan fingerprint density at radius 1 is 1.22 bits per heavy atom. The van der Waals surface area contributed by atoms with Gasteiger partial charge in [-0.1, -0.05) is 17.3 Å². The molecule has 2 aliphatic carbocycles. The summed E-state index contributed by atoms with van der Waals surface area (Å²) in [5.41, 5.74) is 1.60. The summed E-state index contributed by atoms with van der Waals surface area (Å²) >= 11 is 0. The van der Waals surface area contributed by atoms with Crippen LogP contribution in [0.25, 0.3) is 11.0 Å². The lowest BCUT2D eigenvalue weighted by molar-refractivity contribution is -0.143. The van der Waals surface area contributed by atoms with Crippen LogP contribution in [0.3, 0.4) is 0 Å². The summed E-state index contributed by atoms with van der Waals surface area (Å²) in [5.74, 6) is -0.526. The molecule has 2 aromatic rings. The zero-order chi connectivity index (χ0) is 16.0. The highest BCUT2D eigenvalue weighted by Gasteiger charge is 2.49. The summed E-state index contributed by atoms with van der Waals surface area (Å²) in [5, 5.41) is 20.3. The molecule has 7 nitrogen and oxygen atoms in total. The van der Waals surface area contributed by atoms with E-state index in [4.69, 9.17) is 5.11 Å². The topological polar surface area (TPSA) is 97.1 Å². The van der Waals surface area contributed by atoms with Gasteiger partial charge in [0.2, 0.25) is 5.91 Å². The van der Waals surface area contributed by atoms with Gasteiger partial charge in [0.1, 0.15) is 12.1 Å². The molecule has 2 N–H and O–H groups in total. The number of rotatable bonds is 4. The quantitative estimate of drug-likeness (QED) is 0.879. The van der Waals surface area contributed by atoms with Gasteiger partial charge in [-0.3, -0.25) is 9.59 Å². The number of carboxylic acids is 1. The van der Waals surface area contributed by atoms with E-state index in [1.54, 1.807) is 4.68 Å². The third-order valence-electron chi connectivity index (χ3n) is 5.23. The lowest BCUT2D eigenvalue weighted by atomic mass is 9.86. The summed E-state index contributed by atoms with van der Waals surface area (Å²) in [6.07, 6.45) is 2.36. The molecule has 0 spiro atoms. The number of hydrogen-bond donors (Lipinski definition) is 2. The van der Waals surface area contributed by atoms with Crippen LogP contribution in [0.4, 0.5) is 0 Å².